The van der Waals surface area contributed by atoms with Gasteiger partial charge < -0.3 is 14.1 Å². The molecule has 29 heavy (non-hydrogen) atoms. The summed E-state index contributed by atoms with van der Waals surface area (Å²) in [6, 6.07) is 8.01. The van der Waals surface area contributed by atoms with E-state index < -0.39 is 6.10 Å². The lowest BCUT2D eigenvalue weighted by atomic mass is 9.97. The van der Waals surface area contributed by atoms with Crippen LogP contribution in [0.4, 0.5) is 0 Å². The van der Waals surface area contributed by atoms with Crippen molar-refractivity contribution in [2.24, 2.45) is 0 Å². The molecule has 2 aliphatic rings. The summed E-state index contributed by atoms with van der Waals surface area (Å²) in [5.41, 5.74) is 3.54. The average molecular weight is 391 g/mol. The van der Waals surface area contributed by atoms with Crippen LogP contribution in [-0.2, 0) is 16.0 Å². The lowest BCUT2D eigenvalue weighted by Gasteiger charge is -2.28. The number of hydrogen-bond donors (Lipinski definition) is 0. The number of aryl methyl sites for hydroxylation is 1. The molecule has 1 amide bonds. The molecule has 1 fully saturated rings. The van der Waals surface area contributed by atoms with Crippen LogP contribution in [-0.4, -0.2) is 50.7 Å². The van der Waals surface area contributed by atoms with Crippen LogP contribution in [0.15, 0.2) is 41.1 Å². The minimum absolute atomic E-state index is 0.00351. The number of ether oxygens (including phenoxy) is 1. The summed E-state index contributed by atoms with van der Waals surface area (Å²) in [5.74, 6) is 0.894. The summed E-state index contributed by atoms with van der Waals surface area (Å²) in [4.78, 5) is 23.4. The highest BCUT2D eigenvalue weighted by atomic mass is 16.5. The molecule has 0 N–H and O–H groups in total. The molecule has 0 saturated carbocycles. The topological polar surface area (TPSA) is 94.2 Å². The Morgan fingerprint density at radius 1 is 1.17 bits per heavy atom. The molecule has 0 spiro atoms. The summed E-state index contributed by atoms with van der Waals surface area (Å²) >= 11 is 0. The lowest BCUT2D eigenvalue weighted by Crippen LogP contribution is -2.36. The maximum Gasteiger partial charge on any atom is 0.267 e. The fraction of sp³-hybridized carbons (Fsp3) is 0.381. The molecule has 3 aromatic rings. The van der Waals surface area contributed by atoms with Gasteiger partial charge in [0.1, 0.15) is 5.69 Å². The maximum absolute atomic E-state index is 13.1. The third-order valence-electron chi connectivity index (χ3n) is 5.51. The van der Waals surface area contributed by atoms with Crippen molar-refractivity contribution in [3.8, 4) is 11.6 Å². The van der Waals surface area contributed by atoms with Gasteiger partial charge in [0.2, 0.25) is 5.89 Å². The number of nitrogens with zero attached hydrogens (tertiary/aromatic N) is 5. The summed E-state index contributed by atoms with van der Waals surface area (Å²) in [7, 11) is 0. The first-order valence-corrected chi connectivity index (χ1v) is 9.79. The van der Waals surface area contributed by atoms with Crippen LogP contribution in [0.2, 0.25) is 0 Å². The quantitative estimate of drug-likeness (QED) is 0.677. The number of fused-ring (bicyclic) bond motifs is 1. The van der Waals surface area contributed by atoms with Gasteiger partial charge in [-0.2, -0.15) is 0 Å². The maximum atomic E-state index is 13.1. The number of carbonyl (C=O) groups is 1. The Labute approximate surface area is 167 Å². The van der Waals surface area contributed by atoms with Crippen molar-refractivity contribution in [3.05, 3.63) is 59.4 Å². The van der Waals surface area contributed by atoms with Gasteiger partial charge in [-0.3, -0.25) is 9.78 Å². The molecule has 8 heteroatoms. The molecule has 2 atom stereocenters. The molecule has 0 radical (unpaired) electrons. The number of likely N-dealkylation sites (tertiary alicyclic amines) is 1. The minimum Gasteiger partial charge on any atom is -0.419 e. The Hall–Kier alpha value is -3.13. The van der Waals surface area contributed by atoms with Crippen molar-refractivity contribution in [2.45, 2.75) is 31.8 Å². The Balaban J connectivity index is 1.30. The second-order valence-electron chi connectivity index (χ2n) is 7.46. The number of carbonyl (C=O) groups excluding carboxylic acids is 1. The molecule has 2 aliphatic heterocycles. The number of amides is 1. The van der Waals surface area contributed by atoms with Crippen LogP contribution in [0.25, 0.3) is 11.6 Å². The molecule has 0 aliphatic carbocycles. The van der Waals surface area contributed by atoms with E-state index in [0.29, 0.717) is 37.2 Å². The second-order valence-corrected chi connectivity index (χ2v) is 7.46. The zero-order chi connectivity index (χ0) is 19.8. The Morgan fingerprint density at radius 3 is 2.93 bits per heavy atom. The van der Waals surface area contributed by atoms with Crippen molar-refractivity contribution in [1.82, 2.24) is 25.1 Å². The molecular formula is C21H21N5O3. The van der Waals surface area contributed by atoms with Gasteiger partial charge in [-0.25, -0.2) is 4.98 Å². The van der Waals surface area contributed by atoms with Crippen LogP contribution < -0.4 is 0 Å². The first-order valence-electron chi connectivity index (χ1n) is 9.79. The molecule has 1 saturated heterocycles. The first kappa shape index (κ1) is 17.9. The highest BCUT2D eigenvalue weighted by Crippen LogP contribution is 2.33. The van der Waals surface area contributed by atoms with E-state index in [-0.39, 0.29) is 11.8 Å². The van der Waals surface area contributed by atoms with Gasteiger partial charge in [0.25, 0.3) is 11.8 Å². The summed E-state index contributed by atoms with van der Waals surface area (Å²) < 4.78 is 11.7. The zero-order valence-electron chi connectivity index (χ0n) is 16.1. The van der Waals surface area contributed by atoms with Crippen LogP contribution in [0.5, 0.6) is 0 Å². The lowest BCUT2D eigenvalue weighted by molar-refractivity contribution is -0.144. The van der Waals surface area contributed by atoms with E-state index in [9.17, 15) is 4.79 Å². The van der Waals surface area contributed by atoms with Crippen LogP contribution in [0.3, 0.4) is 0 Å². The van der Waals surface area contributed by atoms with Crippen LogP contribution in [0.1, 0.15) is 41.2 Å². The predicted octanol–water partition coefficient (Wildman–Crippen LogP) is 2.46. The van der Waals surface area contributed by atoms with Crippen molar-refractivity contribution in [2.75, 3.05) is 19.7 Å². The Kier molecular flexibility index (Phi) is 4.55. The molecule has 8 nitrogen and oxygen atoms in total. The van der Waals surface area contributed by atoms with E-state index in [1.165, 1.54) is 5.56 Å². The normalized spacial score (nSPS) is 21.2. The number of benzene rings is 1. The van der Waals surface area contributed by atoms with Gasteiger partial charge in [0.15, 0.2) is 6.10 Å². The van der Waals surface area contributed by atoms with Crippen LogP contribution >= 0.6 is 0 Å². The van der Waals surface area contributed by atoms with Crippen molar-refractivity contribution in [1.29, 1.82) is 0 Å². The minimum atomic E-state index is -0.528. The van der Waals surface area contributed by atoms with Gasteiger partial charge >= 0.3 is 0 Å². The summed E-state index contributed by atoms with van der Waals surface area (Å²) in [6.45, 7) is 3.62. The molecule has 0 bridgehead atoms. The highest BCUT2D eigenvalue weighted by molar-refractivity contribution is 5.83. The van der Waals surface area contributed by atoms with Crippen LogP contribution in [0, 0.1) is 6.92 Å². The highest BCUT2D eigenvalue weighted by Gasteiger charge is 2.36. The third kappa shape index (κ3) is 3.40. The standard InChI is InChI=1S/C21H21N5O3/c1-13-10-23-17(11-22-13)20-25-24-19(29-20)15-6-8-26(12-15)21(27)18-16-5-3-2-4-14(16)7-9-28-18/h2-5,10-11,15,18H,6-9,12H2,1H3/t15-,18+/m1/s1. The monoisotopic (exact) mass is 391 g/mol. The molecule has 0 unspecified atom stereocenters. The fourth-order valence-electron chi connectivity index (χ4n) is 3.93. The van der Waals surface area contributed by atoms with E-state index >= 15 is 0 Å². The van der Waals surface area contributed by atoms with Crippen molar-refractivity contribution < 1.29 is 13.9 Å². The molecular weight excluding hydrogens is 370 g/mol. The van der Waals surface area contributed by atoms with Gasteiger partial charge in [0.05, 0.1) is 24.4 Å². The van der Waals surface area contributed by atoms with Gasteiger partial charge in [-0.1, -0.05) is 24.3 Å². The molecule has 1 aromatic carbocycles. The molecule has 5 rings (SSSR count). The Morgan fingerprint density at radius 2 is 2.07 bits per heavy atom. The van der Waals surface area contributed by atoms with Crippen molar-refractivity contribution in [3.63, 3.8) is 0 Å². The molecule has 2 aromatic heterocycles. The van der Waals surface area contributed by atoms with E-state index in [1.807, 2.05) is 30.0 Å². The first-order chi connectivity index (χ1) is 14.2. The van der Waals surface area contributed by atoms with Gasteiger partial charge in [0, 0.05) is 19.3 Å². The van der Waals surface area contributed by atoms with E-state index in [0.717, 1.165) is 24.1 Å². The summed E-state index contributed by atoms with van der Waals surface area (Å²) in [6.07, 6.45) is 4.38. The fourth-order valence-corrected chi connectivity index (χ4v) is 3.93. The number of aromatic nitrogens is 4. The zero-order valence-corrected chi connectivity index (χ0v) is 16.1. The van der Waals surface area contributed by atoms with Crippen molar-refractivity contribution >= 4 is 5.91 Å². The summed E-state index contributed by atoms with van der Waals surface area (Å²) in [5, 5.41) is 8.29. The largest absolute Gasteiger partial charge is 0.419 e. The molecule has 4 heterocycles. The van der Waals surface area contributed by atoms with E-state index in [4.69, 9.17) is 9.15 Å². The predicted molar refractivity (Wildman–Crippen MR) is 103 cm³/mol. The average Bonchev–Trinajstić information content (AvgIpc) is 3.43. The smallest absolute Gasteiger partial charge is 0.267 e. The van der Waals surface area contributed by atoms with Gasteiger partial charge in [-0.15, -0.1) is 10.2 Å². The van der Waals surface area contributed by atoms with E-state index in [2.05, 4.69) is 26.2 Å². The third-order valence-corrected chi connectivity index (χ3v) is 5.51. The van der Waals surface area contributed by atoms with Gasteiger partial charge in [-0.05, 0) is 30.9 Å². The SMILES string of the molecule is Cc1cnc(-c2nnc([C@@H]3CCN(C(=O)[C@H]4OCCc5ccccc54)C3)o2)cn1. The Bertz CT molecular complexity index is 1030. The number of hydrogen-bond acceptors (Lipinski definition) is 7. The molecule has 148 valence electrons. The van der Waals surface area contributed by atoms with E-state index in [1.54, 1.807) is 12.4 Å². The second kappa shape index (κ2) is 7.36. The number of rotatable bonds is 3.